The first-order valence-electron chi connectivity index (χ1n) is 4.36. The Morgan fingerprint density at radius 1 is 1.75 bits per heavy atom. The molecule has 0 amide bonds. The van der Waals surface area contributed by atoms with Crippen LogP contribution in [-0.2, 0) is 7.05 Å². The molecule has 1 aliphatic rings. The first kappa shape index (κ1) is 7.80. The van der Waals surface area contributed by atoms with Gasteiger partial charge in [0.1, 0.15) is 0 Å². The van der Waals surface area contributed by atoms with Crippen LogP contribution in [0.4, 0.5) is 0 Å². The van der Waals surface area contributed by atoms with Gasteiger partial charge in [-0.3, -0.25) is 4.68 Å². The van der Waals surface area contributed by atoms with Crippen LogP contribution in [0.5, 0.6) is 0 Å². The summed E-state index contributed by atoms with van der Waals surface area (Å²) >= 11 is 0. The van der Waals surface area contributed by atoms with Crippen molar-refractivity contribution in [2.45, 2.75) is 19.4 Å². The summed E-state index contributed by atoms with van der Waals surface area (Å²) < 4.78 is 1.75. The van der Waals surface area contributed by atoms with Crippen LogP contribution in [0.15, 0.2) is 12.3 Å². The Kier molecular flexibility index (Phi) is 1.68. The summed E-state index contributed by atoms with van der Waals surface area (Å²) in [6.07, 6.45) is 2.56. The second-order valence-electron chi connectivity index (χ2n) is 3.70. The first-order valence-corrected chi connectivity index (χ1v) is 4.36. The highest BCUT2D eigenvalue weighted by atomic mass is 16.3. The molecule has 0 radical (unpaired) electrons. The lowest BCUT2D eigenvalue weighted by Gasteiger charge is -2.09. The van der Waals surface area contributed by atoms with Gasteiger partial charge in [-0.25, -0.2) is 0 Å². The third-order valence-electron chi connectivity index (χ3n) is 2.74. The summed E-state index contributed by atoms with van der Waals surface area (Å²) in [5.74, 6) is 1.13. The number of aliphatic hydroxyl groups excluding tert-OH is 1. The molecule has 3 nitrogen and oxygen atoms in total. The van der Waals surface area contributed by atoms with Gasteiger partial charge in [0.2, 0.25) is 0 Å². The normalized spacial score (nSPS) is 30.2. The highest BCUT2D eigenvalue weighted by molar-refractivity contribution is 5.09. The van der Waals surface area contributed by atoms with Crippen LogP contribution in [0.25, 0.3) is 0 Å². The van der Waals surface area contributed by atoms with Gasteiger partial charge in [0.05, 0.1) is 11.8 Å². The summed E-state index contributed by atoms with van der Waals surface area (Å²) in [6.45, 7) is 2.17. The van der Waals surface area contributed by atoms with Crippen LogP contribution >= 0.6 is 0 Å². The van der Waals surface area contributed by atoms with Crippen molar-refractivity contribution in [1.29, 1.82) is 0 Å². The number of aryl methyl sites for hydroxylation is 1. The fourth-order valence-electron chi connectivity index (χ4n) is 1.68. The van der Waals surface area contributed by atoms with E-state index in [1.807, 2.05) is 13.1 Å². The van der Waals surface area contributed by atoms with E-state index in [9.17, 15) is 5.11 Å². The van der Waals surface area contributed by atoms with Crippen LogP contribution in [0, 0.1) is 11.8 Å². The number of aromatic nitrogens is 2. The van der Waals surface area contributed by atoms with E-state index >= 15 is 0 Å². The van der Waals surface area contributed by atoms with E-state index in [0.29, 0.717) is 11.8 Å². The molecular weight excluding hydrogens is 152 g/mol. The maximum absolute atomic E-state index is 9.84. The maximum atomic E-state index is 9.84. The summed E-state index contributed by atoms with van der Waals surface area (Å²) in [6, 6.07) is 1.88. The third kappa shape index (κ3) is 1.14. The molecule has 0 aromatic carbocycles. The molecule has 1 aromatic rings. The number of hydrogen-bond acceptors (Lipinski definition) is 2. The van der Waals surface area contributed by atoms with Crippen molar-refractivity contribution >= 4 is 0 Å². The number of hydrogen-bond donors (Lipinski definition) is 1. The topological polar surface area (TPSA) is 38.1 Å². The molecule has 0 saturated heterocycles. The monoisotopic (exact) mass is 166 g/mol. The smallest absolute Gasteiger partial charge is 0.0987 e. The highest BCUT2D eigenvalue weighted by Gasteiger charge is 2.40. The van der Waals surface area contributed by atoms with Gasteiger partial charge in [0.25, 0.3) is 0 Å². The summed E-state index contributed by atoms with van der Waals surface area (Å²) in [5.41, 5.74) is 0.935. The molecule has 1 aliphatic carbocycles. The first-order chi connectivity index (χ1) is 5.70. The molecule has 0 spiro atoms. The quantitative estimate of drug-likeness (QED) is 0.714. The maximum Gasteiger partial charge on any atom is 0.0987 e. The van der Waals surface area contributed by atoms with Crippen molar-refractivity contribution in [2.75, 3.05) is 0 Å². The van der Waals surface area contributed by atoms with Crippen molar-refractivity contribution in [3.05, 3.63) is 18.0 Å². The lowest BCUT2D eigenvalue weighted by Crippen LogP contribution is -2.07. The zero-order chi connectivity index (χ0) is 8.72. The second kappa shape index (κ2) is 2.59. The molecule has 1 N–H and O–H groups in total. The molecule has 1 fully saturated rings. The molecule has 3 atom stereocenters. The van der Waals surface area contributed by atoms with Gasteiger partial charge in [0, 0.05) is 13.2 Å². The van der Waals surface area contributed by atoms with Gasteiger partial charge in [-0.05, 0) is 24.3 Å². The minimum atomic E-state index is -0.313. The van der Waals surface area contributed by atoms with Crippen LogP contribution in [-0.4, -0.2) is 14.9 Å². The molecule has 2 rings (SSSR count). The van der Waals surface area contributed by atoms with Crippen LogP contribution in [0.2, 0.25) is 0 Å². The summed E-state index contributed by atoms with van der Waals surface area (Å²) in [4.78, 5) is 0. The van der Waals surface area contributed by atoms with Gasteiger partial charge in [-0.2, -0.15) is 5.10 Å². The van der Waals surface area contributed by atoms with Crippen molar-refractivity contribution in [1.82, 2.24) is 9.78 Å². The minimum absolute atomic E-state index is 0.313. The lowest BCUT2D eigenvalue weighted by atomic mass is 10.1. The van der Waals surface area contributed by atoms with Gasteiger partial charge >= 0.3 is 0 Å². The van der Waals surface area contributed by atoms with Crippen molar-refractivity contribution in [3.63, 3.8) is 0 Å². The van der Waals surface area contributed by atoms with E-state index in [4.69, 9.17) is 0 Å². The zero-order valence-electron chi connectivity index (χ0n) is 7.44. The molecule has 3 heteroatoms. The Morgan fingerprint density at radius 2 is 2.42 bits per heavy atom. The van der Waals surface area contributed by atoms with E-state index < -0.39 is 0 Å². The number of aliphatic hydroxyl groups is 1. The predicted molar refractivity (Wildman–Crippen MR) is 45.4 cm³/mol. The number of nitrogens with zero attached hydrogens (tertiary/aromatic N) is 2. The third-order valence-corrected chi connectivity index (χ3v) is 2.74. The van der Waals surface area contributed by atoms with Crippen molar-refractivity contribution < 1.29 is 5.11 Å². The van der Waals surface area contributed by atoms with E-state index in [2.05, 4.69) is 12.0 Å². The zero-order valence-corrected chi connectivity index (χ0v) is 7.44. The van der Waals surface area contributed by atoms with E-state index in [1.54, 1.807) is 10.9 Å². The number of rotatable bonds is 2. The van der Waals surface area contributed by atoms with E-state index in [1.165, 1.54) is 0 Å². The molecule has 1 aromatic heterocycles. The largest absolute Gasteiger partial charge is 0.387 e. The minimum Gasteiger partial charge on any atom is -0.387 e. The van der Waals surface area contributed by atoms with E-state index in [0.717, 1.165) is 12.1 Å². The second-order valence-corrected chi connectivity index (χ2v) is 3.70. The van der Waals surface area contributed by atoms with Gasteiger partial charge < -0.3 is 5.11 Å². The van der Waals surface area contributed by atoms with Crippen LogP contribution in [0.3, 0.4) is 0 Å². The standard InChI is InChI=1S/C9H14N2O/c1-6-5-7(6)9(12)8-3-4-10-11(8)2/h3-4,6-7,9,12H,5H2,1-2H3. The Morgan fingerprint density at radius 3 is 2.83 bits per heavy atom. The fraction of sp³-hybridized carbons (Fsp3) is 0.667. The molecule has 3 unspecified atom stereocenters. The van der Waals surface area contributed by atoms with Crippen molar-refractivity contribution in [2.24, 2.45) is 18.9 Å². The van der Waals surface area contributed by atoms with Crippen LogP contribution in [0.1, 0.15) is 25.1 Å². The predicted octanol–water partition coefficient (Wildman–Crippen LogP) is 1.11. The lowest BCUT2D eigenvalue weighted by molar-refractivity contribution is 0.139. The molecule has 1 saturated carbocycles. The molecular formula is C9H14N2O. The Labute approximate surface area is 72.0 Å². The Balaban J connectivity index is 2.14. The van der Waals surface area contributed by atoms with Gasteiger partial charge in [-0.15, -0.1) is 0 Å². The Hall–Kier alpha value is -0.830. The van der Waals surface area contributed by atoms with E-state index in [-0.39, 0.29) is 6.10 Å². The summed E-state index contributed by atoms with van der Waals surface area (Å²) in [7, 11) is 1.87. The average molecular weight is 166 g/mol. The molecule has 1 heterocycles. The fourth-order valence-corrected chi connectivity index (χ4v) is 1.68. The molecule has 66 valence electrons. The molecule has 0 bridgehead atoms. The molecule has 0 aliphatic heterocycles. The summed E-state index contributed by atoms with van der Waals surface area (Å²) in [5, 5.41) is 13.9. The molecule has 12 heavy (non-hydrogen) atoms. The van der Waals surface area contributed by atoms with Crippen LogP contribution < -0.4 is 0 Å². The van der Waals surface area contributed by atoms with Gasteiger partial charge in [0.15, 0.2) is 0 Å². The highest BCUT2D eigenvalue weighted by Crippen LogP contribution is 2.46. The Bertz CT molecular complexity index is 282. The SMILES string of the molecule is CC1CC1C(O)c1ccnn1C. The average Bonchev–Trinajstić information content (AvgIpc) is 2.59. The van der Waals surface area contributed by atoms with Gasteiger partial charge in [-0.1, -0.05) is 6.92 Å². The van der Waals surface area contributed by atoms with Crippen molar-refractivity contribution in [3.8, 4) is 0 Å².